The zero-order chi connectivity index (χ0) is 17.6. The third-order valence-corrected chi connectivity index (χ3v) is 3.35. The summed E-state index contributed by atoms with van der Waals surface area (Å²) in [7, 11) is 3.04. The highest BCUT2D eigenvalue weighted by atomic mass is 35.5. The van der Waals surface area contributed by atoms with Crippen LogP contribution >= 0.6 is 11.6 Å². The van der Waals surface area contributed by atoms with Gasteiger partial charge in [-0.25, -0.2) is 4.79 Å². The van der Waals surface area contributed by atoms with Gasteiger partial charge in [0.1, 0.15) is 5.75 Å². The molecule has 9 heteroatoms. The first kappa shape index (κ1) is 18.7. The molecular weight excluding hydrogens is 324 g/mol. The zero-order valence-corrected chi connectivity index (χ0v) is 13.8. The van der Waals surface area contributed by atoms with Crippen LogP contribution in [0.25, 0.3) is 0 Å². The lowest BCUT2D eigenvalue weighted by atomic mass is 10.2. The number of nitrogens with two attached hydrogens (primary N) is 1. The van der Waals surface area contributed by atoms with Crippen molar-refractivity contribution in [3.8, 4) is 5.75 Å². The van der Waals surface area contributed by atoms with Crippen LogP contribution in [0.5, 0.6) is 5.75 Å². The number of primary amides is 1. The molecule has 1 unspecified atom stereocenters. The van der Waals surface area contributed by atoms with Gasteiger partial charge in [0.2, 0.25) is 11.8 Å². The van der Waals surface area contributed by atoms with Gasteiger partial charge in [0, 0.05) is 5.02 Å². The van der Waals surface area contributed by atoms with Crippen LogP contribution in [0.15, 0.2) is 18.2 Å². The molecule has 1 aromatic rings. The number of likely N-dealkylation sites (N-methyl/N-ethyl adjacent to an activating group) is 1. The molecule has 0 heterocycles. The first-order chi connectivity index (χ1) is 10.7. The number of nitrogens with one attached hydrogen (secondary N) is 2. The molecule has 0 radical (unpaired) electrons. The van der Waals surface area contributed by atoms with Crippen LogP contribution in [0.3, 0.4) is 0 Å². The summed E-state index contributed by atoms with van der Waals surface area (Å²) < 4.78 is 5.13. The van der Waals surface area contributed by atoms with E-state index in [4.69, 9.17) is 22.1 Å². The van der Waals surface area contributed by atoms with Crippen molar-refractivity contribution in [2.24, 2.45) is 5.73 Å². The molecule has 0 saturated heterocycles. The Morgan fingerprint density at radius 2 is 2.04 bits per heavy atom. The Hall–Kier alpha value is -2.32. The number of amides is 4. The number of urea groups is 1. The zero-order valence-electron chi connectivity index (χ0n) is 13.1. The summed E-state index contributed by atoms with van der Waals surface area (Å²) in [5, 5.41) is 5.06. The number of methoxy groups -OCH3 is 1. The van der Waals surface area contributed by atoms with Crippen molar-refractivity contribution in [2.75, 3.05) is 26.0 Å². The molecule has 0 saturated carbocycles. The fourth-order valence-electron chi connectivity index (χ4n) is 1.76. The lowest BCUT2D eigenvalue weighted by Crippen LogP contribution is -2.48. The fraction of sp³-hybridized carbons (Fsp3) is 0.357. The number of rotatable bonds is 6. The average Bonchev–Trinajstić information content (AvgIpc) is 2.45. The summed E-state index contributed by atoms with van der Waals surface area (Å²) >= 11 is 5.89. The minimum Gasteiger partial charge on any atom is -0.495 e. The number of carbonyl (C=O) groups is 3. The van der Waals surface area contributed by atoms with Crippen molar-refractivity contribution in [1.82, 2.24) is 10.2 Å². The third kappa shape index (κ3) is 5.76. The number of hydrogen-bond acceptors (Lipinski definition) is 5. The molecule has 126 valence electrons. The maximum absolute atomic E-state index is 12.1. The van der Waals surface area contributed by atoms with Crippen molar-refractivity contribution in [3.05, 3.63) is 23.2 Å². The largest absolute Gasteiger partial charge is 0.495 e. The smallest absolute Gasteiger partial charge is 0.318 e. The van der Waals surface area contributed by atoms with Crippen molar-refractivity contribution in [1.29, 1.82) is 0 Å². The Kier molecular flexibility index (Phi) is 6.80. The van der Waals surface area contributed by atoms with Crippen LogP contribution in [0.4, 0.5) is 10.5 Å². The van der Waals surface area contributed by atoms with Crippen LogP contribution in [0.1, 0.15) is 6.92 Å². The Bertz CT molecular complexity index is 608. The minimum atomic E-state index is -0.941. The van der Waals surface area contributed by atoms with Gasteiger partial charge in [-0.15, -0.1) is 0 Å². The topological polar surface area (TPSA) is 114 Å². The van der Waals surface area contributed by atoms with Gasteiger partial charge in [-0.1, -0.05) is 11.6 Å². The van der Waals surface area contributed by atoms with Gasteiger partial charge in [-0.2, -0.15) is 0 Å². The molecule has 0 aliphatic rings. The first-order valence-corrected chi connectivity index (χ1v) is 7.06. The number of carbonyl (C=O) groups excluding carboxylic acids is 3. The molecule has 0 aliphatic carbocycles. The van der Waals surface area contributed by atoms with Gasteiger partial charge >= 0.3 is 6.03 Å². The molecule has 1 rings (SSSR count). The lowest BCUT2D eigenvalue weighted by Gasteiger charge is -2.22. The number of anilines is 1. The highest BCUT2D eigenvalue weighted by molar-refractivity contribution is 6.31. The molecular formula is C14H19ClN4O4. The standard InChI is InChI=1S/C14H19ClN4O4/c1-8(13(21)18-14(16)22)19(2)7-12(20)17-10-6-9(15)4-5-11(10)23-3/h4-6,8H,7H2,1-3H3,(H,17,20)(H3,16,18,21,22). The molecule has 0 aliphatic heterocycles. The van der Waals surface area contributed by atoms with E-state index in [9.17, 15) is 14.4 Å². The maximum atomic E-state index is 12.1. The summed E-state index contributed by atoms with van der Waals surface area (Å²) in [6, 6.07) is 3.17. The Morgan fingerprint density at radius 3 is 2.61 bits per heavy atom. The van der Waals surface area contributed by atoms with E-state index in [1.54, 1.807) is 32.2 Å². The predicted molar refractivity (Wildman–Crippen MR) is 86.5 cm³/mol. The normalized spacial score (nSPS) is 11.7. The Morgan fingerprint density at radius 1 is 1.39 bits per heavy atom. The summed E-state index contributed by atoms with van der Waals surface area (Å²) in [6.45, 7) is 1.47. The van der Waals surface area contributed by atoms with Gasteiger partial charge in [0.15, 0.2) is 0 Å². The molecule has 1 atom stereocenters. The number of ether oxygens (including phenoxy) is 1. The van der Waals surface area contributed by atoms with Crippen LogP contribution in [0, 0.1) is 0 Å². The highest BCUT2D eigenvalue weighted by Crippen LogP contribution is 2.27. The van der Waals surface area contributed by atoms with E-state index in [1.165, 1.54) is 12.0 Å². The quantitative estimate of drug-likeness (QED) is 0.707. The molecule has 0 aromatic heterocycles. The lowest BCUT2D eigenvalue weighted by molar-refractivity contribution is -0.125. The molecule has 8 nitrogen and oxygen atoms in total. The second kappa shape index (κ2) is 8.35. The van der Waals surface area contributed by atoms with Crippen LogP contribution in [0.2, 0.25) is 5.02 Å². The SMILES string of the molecule is COc1ccc(Cl)cc1NC(=O)CN(C)C(C)C(=O)NC(N)=O. The summed E-state index contributed by atoms with van der Waals surface area (Å²) in [6.07, 6.45) is 0. The molecule has 4 N–H and O–H groups in total. The second-order valence-corrected chi connectivity index (χ2v) is 5.27. The molecule has 4 amide bonds. The van der Waals surface area contributed by atoms with E-state index >= 15 is 0 Å². The van der Waals surface area contributed by atoms with Gasteiger partial charge in [-0.3, -0.25) is 19.8 Å². The van der Waals surface area contributed by atoms with Gasteiger partial charge in [0.25, 0.3) is 0 Å². The molecule has 0 spiro atoms. The fourth-order valence-corrected chi connectivity index (χ4v) is 1.93. The van der Waals surface area contributed by atoms with Crippen LogP contribution in [-0.2, 0) is 9.59 Å². The van der Waals surface area contributed by atoms with Crippen molar-refractivity contribution < 1.29 is 19.1 Å². The van der Waals surface area contributed by atoms with E-state index in [0.29, 0.717) is 16.5 Å². The van der Waals surface area contributed by atoms with E-state index in [1.807, 2.05) is 5.32 Å². The van der Waals surface area contributed by atoms with Gasteiger partial charge in [0.05, 0.1) is 25.4 Å². The van der Waals surface area contributed by atoms with Crippen molar-refractivity contribution in [3.63, 3.8) is 0 Å². The van der Waals surface area contributed by atoms with Crippen molar-refractivity contribution in [2.45, 2.75) is 13.0 Å². The predicted octanol–water partition coefficient (Wildman–Crippen LogP) is 0.802. The van der Waals surface area contributed by atoms with Crippen LogP contribution < -0.4 is 21.1 Å². The number of hydrogen-bond donors (Lipinski definition) is 3. The summed E-state index contributed by atoms with van der Waals surface area (Å²) in [4.78, 5) is 35.9. The van der Waals surface area contributed by atoms with Gasteiger partial charge in [-0.05, 0) is 32.2 Å². The first-order valence-electron chi connectivity index (χ1n) is 6.68. The number of nitrogens with zero attached hydrogens (tertiary/aromatic N) is 1. The Labute approximate surface area is 138 Å². The minimum absolute atomic E-state index is 0.0803. The molecule has 1 aromatic carbocycles. The Balaban J connectivity index is 2.67. The number of imide groups is 1. The summed E-state index contributed by atoms with van der Waals surface area (Å²) in [5.41, 5.74) is 5.31. The van der Waals surface area contributed by atoms with Crippen molar-refractivity contribution >= 4 is 35.1 Å². The van der Waals surface area contributed by atoms with E-state index in [-0.39, 0.29) is 12.5 Å². The molecule has 0 bridgehead atoms. The summed E-state index contributed by atoms with van der Waals surface area (Å²) in [5.74, 6) is -0.496. The van der Waals surface area contributed by atoms with E-state index in [0.717, 1.165) is 0 Å². The highest BCUT2D eigenvalue weighted by Gasteiger charge is 2.21. The number of benzene rings is 1. The third-order valence-electron chi connectivity index (χ3n) is 3.12. The van der Waals surface area contributed by atoms with Crippen LogP contribution in [-0.4, -0.2) is 49.5 Å². The average molecular weight is 343 g/mol. The number of halogens is 1. The van der Waals surface area contributed by atoms with E-state index in [2.05, 4.69) is 5.32 Å². The molecule has 23 heavy (non-hydrogen) atoms. The monoisotopic (exact) mass is 342 g/mol. The van der Waals surface area contributed by atoms with E-state index < -0.39 is 18.0 Å². The second-order valence-electron chi connectivity index (χ2n) is 4.84. The molecule has 0 fully saturated rings. The maximum Gasteiger partial charge on any atom is 0.318 e. The van der Waals surface area contributed by atoms with Gasteiger partial charge < -0.3 is 15.8 Å².